The molecule has 10 heteroatoms. The average Bonchev–Trinajstić information content (AvgIpc) is 2.68. The average molecular weight is 435 g/mol. The van der Waals surface area contributed by atoms with Gasteiger partial charge in [0.15, 0.2) is 5.11 Å². The van der Waals surface area contributed by atoms with Crippen LogP contribution in [0.15, 0.2) is 36.4 Å². The van der Waals surface area contributed by atoms with Gasteiger partial charge in [-0.1, -0.05) is 17.7 Å². The molecule has 1 saturated heterocycles. The minimum atomic E-state index is -0.528. The summed E-state index contributed by atoms with van der Waals surface area (Å²) in [6, 6.07) is 9.73. The normalized spacial score (nSPS) is 13.7. The molecule has 0 spiro atoms. The number of rotatable bonds is 4. The number of nitrogens with one attached hydrogen (secondary N) is 2. The van der Waals surface area contributed by atoms with E-state index in [9.17, 15) is 14.9 Å². The van der Waals surface area contributed by atoms with Gasteiger partial charge in [0.1, 0.15) is 0 Å². The Bertz CT molecular complexity index is 963. The molecule has 0 atom stereocenters. The Morgan fingerprint density at radius 2 is 2.00 bits per heavy atom. The van der Waals surface area contributed by atoms with Crippen molar-refractivity contribution in [2.24, 2.45) is 0 Å². The third-order valence-electron chi connectivity index (χ3n) is 4.53. The SMILES string of the molecule is Cc1c(C(=O)NC(=S)Nc2ccc(N3CCOCC3)c(Cl)c2)cccc1[N+](=O)[O-]. The minimum Gasteiger partial charge on any atom is -0.378 e. The highest BCUT2D eigenvalue weighted by Crippen LogP contribution is 2.29. The van der Waals surface area contributed by atoms with Gasteiger partial charge in [0, 0.05) is 36.0 Å². The summed E-state index contributed by atoms with van der Waals surface area (Å²) in [7, 11) is 0. The zero-order chi connectivity index (χ0) is 21.0. The topological polar surface area (TPSA) is 96.7 Å². The summed E-state index contributed by atoms with van der Waals surface area (Å²) in [4.78, 5) is 25.1. The highest BCUT2D eigenvalue weighted by atomic mass is 35.5. The molecule has 1 heterocycles. The van der Waals surface area contributed by atoms with Gasteiger partial charge < -0.3 is 15.0 Å². The molecule has 3 rings (SSSR count). The van der Waals surface area contributed by atoms with Crippen molar-refractivity contribution in [3.63, 3.8) is 0 Å². The number of halogens is 1. The number of carbonyl (C=O) groups excluding carboxylic acids is 1. The van der Waals surface area contributed by atoms with Gasteiger partial charge in [0.05, 0.1) is 28.8 Å². The second-order valence-corrected chi connectivity index (χ2v) is 7.20. The number of anilines is 2. The molecule has 0 saturated carbocycles. The maximum Gasteiger partial charge on any atom is 0.273 e. The first-order chi connectivity index (χ1) is 13.9. The number of hydrogen-bond acceptors (Lipinski definition) is 6. The molecule has 1 amide bonds. The lowest BCUT2D eigenvalue weighted by Crippen LogP contribution is -2.36. The van der Waals surface area contributed by atoms with Crippen LogP contribution in [-0.4, -0.2) is 42.2 Å². The molecule has 29 heavy (non-hydrogen) atoms. The van der Waals surface area contributed by atoms with Crippen LogP contribution in [0.5, 0.6) is 0 Å². The van der Waals surface area contributed by atoms with Crippen molar-refractivity contribution < 1.29 is 14.5 Å². The summed E-state index contributed by atoms with van der Waals surface area (Å²) in [5, 5.41) is 17.1. The van der Waals surface area contributed by atoms with Crippen molar-refractivity contribution in [3.05, 3.63) is 62.7 Å². The second-order valence-electron chi connectivity index (χ2n) is 6.38. The summed E-state index contributed by atoms with van der Waals surface area (Å²) in [5.41, 5.74) is 1.86. The lowest BCUT2D eigenvalue weighted by molar-refractivity contribution is -0.385. The maximum absolute atomic E-state index is 12.5. The summed E-state index contributed by atoms with van der Waals surface area (Å²) < 4.78 is 5.35. The highest BCUT2D eigenvalue weighted by molar-refractivity contribution is 7.80. The molecule has 152 valence electrons. The lowest BCUT2D eigenvalue weighted by Gasteiger charge is -2.29. The number of ether oxygens (including phenoxy) is 1. The van der Waals surface area contributed by atoms with Crippen molar-refractivity contribution >= 4 is 51.9 Å². The van der Waals surface area contributed by atoms with Crippen LogP contribution in [0.2, 0.25) is 5.02 Å². The Hall–Kier alpha value is -2.75. The van der Waals surface area contributed by atoms with E-state index in [1.165, 1.54) is 25.1 Å². The first kappa shape index (κ1) is 21.0. The Morgan fingerprint density at radius 1 is 1.28 bits per heavy atom. The molecule has 0 radical (unpaired) electrons. The highest BCUT2D eigenvalue weighted by Gasteiger charge is 2.19. The fourth-order valence-electron chi connectivity index (χ4n) is 3.05. The zero-order valence-corrected chi connectivity index (χ0v) is 17.2. The van der Waals surface area contributed by atoms with Crippen LogP contribution < -0.4 is 15.5 Å². The number of benzene rings is 2. The van der Waals surface area contributed by atoms with Gasteiger partial charge in [0.25, 0.3) is 11.6 Å². The van der Waals surface area contributed by atoms with E-state index in [4.69, 9.17) is 28.6 Å². The van der Waals surface area contributed by atoms with Gasteiger partial charge >= 0.3 is 0 Å². The van der Waals surface area contributed by atoms with E-state index in [0.717, 1.165) is 18.8 Å². The molecule has 1 aliphatic rings. The predicted molar refractivity (Wildman–Crippen MR) is 116 cm³/mol. The number of amides is 1. The molecule has 0 bridgehead atoms. The van der Waals surface area contributed by atoms with E-state index in [2.05, 4.69) is 15.5 Å². The van der Waals surface area contributed by atoms with Crippen molar-refractivity contribution in [1.29, 1.82) is 0 Å². The maximum atomic E-state index is 12.5. The van der Waals surface area contributed by atoms with Crippen molar-refractivity contribution in [1.82, 2.24) is 5.32 Å². The van der Waals surface area contributed by atoms with Crippen LogP contribution in [0.3, 0.4) is 0 Å². The first-order valence-corrected chi connectivity index (χ1v) is 9.64. The van der Waals surface area contributed by atoms with Crippen molar-refractivity contribution in [3.8, 4) is 0 Å². The quantitative estimate of drug-likeness (QED) is 0.431. The number of nitro groups is 1. The fourth-order valence-corrected chi connectivity index (χ4v) is 3.56. The Balaban J connectivity index is 1.66. The molecule has 1 aliphatic heterocycles. The Kier molecular flexibility index (Phi) is 6.63. The van der Waals surface area contributed by atoms with Crippen LogP contribution in [-0.2, 0) is 4.74 Å². The summed E-state index contributed by atoms with van der Waals surface area (Å²) >= 11 is 11.6. The van der Waals surface area contributed by atoms with Crippen molar-refractivity contribution in [2.75, 3.05) is 36.5 Å². The molecule has 1 fully saturated rings. The zero-order valence-electron chi connectivity index (χ0n) is 15.6. The minimum absolute atomic E-state index is 0.0658. The van der Waals surface area contributed by atoms with Gasteiger partial charge in [-0.2, -0.15) is 0 Å². The monoisotopic (exact) mass is 434 g/mol. The standard InChI is InChI=1S/C19H19ClN4O4S/c1-12-14(3-2-4-16(12)24(26)27)18(25)22-19(29)21-13-5-6-17(15(20)11-13)23-7-9-28-10-8-23/h2-6,11H,7-10H2,1H3,(H2,21,22,25,29). The number of nitrogens with zero attached hydrogens (tertiary/aromatic N) is 2. The summed E-state index contributed by atoms with van der Waals surface area (Å²) in [6.45, 7) is 4.37. The van der Waals surface area contributed by atoms with Crippen molar-refractivity contribution in [2.45, 2.75) is 6.92 Å². The predicted octanol–water partition coefficient (Wildman–Crippen LogP) is 3.52. The third-order valence-corrected chi connectivity index (χ3v) is 5.04. The molecule has 2 N–H and O–H groups in total. The molecule has 8 nitrogen and oxygen atoms in total. The fraction of sp³-hybridized carbons (Fsp3) is 0.263. The second kappa shape index (κ2) is 9.17. The molecule has 0 aromatic heterocycles. The molecule has 2 aromatic rings. The molecular formula is C19H19ClN4O4S. The molecule has 0 unspecified atom stereocenters. The smallest absolute Gasteiger partial charge is 0.273 e. The van der Waals surface area contributed by atoms with Crippen LogP contribution in [0.4, 0.5) is 17.1 Å². The van der Waals surface area contributed by atoms with Crippen LogP contribution in [0.25, 0.3) is 0 Å². The van der Waals surface area contributed by atoms with E-state index >= 15 is 0 Å². The van der Waals surface area contributed by atoms with Gasteiger partial charge in [-0.05, 0) is 43.4 Å². The van der Waals surface area contributed by atoms with E-state index in [1.54, 1.807) is 6.07 Å². The Morgan fingerprint density at radius 3 is 2.66 bits per heavy atom. The summed E-state index contributed by atoms with van der Waals surface area (Å²) in [6.07, 6.45) is 0. The van der Waals surface area contributed by atoms with Gasteiger partial charge in [-0.15, -0.1) is 0 Å². The first-order valence-electron chi connectivity index (χ1n) is 8.85. The number of morpholine rings is 1. The van der Waals surface area contributed by atoms with Gasteiger partial charge in [-0.25, -0.2) is 0 Å². The van der Waals surface area contributed by atoms with E-state index in [-0.39, 0.29) is 21.9 Å². The van der Waals surface area contributed by atoms with E-state index in [0.29, 0.717) is 23.9 Å². The molecule has 0 aliphatic carbocycles. The van der Waals surface area contributed by atoms with E-state index < -0.39 is 10.8 Å². The van der Waals surface area contributed by atoms with Crippen LogP contribution in [0, 0.1) is 17.0 Å². The Labute approximate surface area is 177 Å². The largest absolute Gasteiger partial charge is 0.378 e. The van der Waals surface area contributed by atoms with Crippen LogP contribution >= 0.6 is 23.8 Å². The summed E-state index contributed by atoms with van der Waals surface area (Å²) in [5.74, 6) is -0.528. The number of nitro benzene ring substituents is 1. The number of hydrogen-bond donors (Lipinski definition) is 2. The van der Waals surface area contributed by atoms with Gasteiger partial charge in [0.2, 0.25) is 0 Å². The third kappa shape index (κ3) is 5.00. The van der Waals surface area contributed by atoms with Gasteiger partial charge in [-0.3, -0.25) is 20.2 Å². The molecule has 2 aromatic carbocycles. The number of thiocarbonyl (C=S) groups is 1. The van der Waals surface area contributed by atoms with Crippen LogP contribution in [0.1, 0.15) is 15.9 Å². The number of carbonyl (C=O) groups is 1. The molecular weight excluding hydrogens is 416 g/mol. The lowest BCUT2D eigenvalue weighted by atomic mass is 10.1. The van der Waals surface area contributed by atoms with E-state index in [1.807, 2.05) is 12.1 Å².